The molecule has 0 aliphatic carbocycles. The van der Waals surface area contributed by atoms with E-state index in [0.717, 1.165) is 45.6 Å². The van der Waals surface area contributed by atoms with Crippen LogP contribution < -0.4 is 0 Å². The molecule has 2 aliphatic heterocycles. The zero-order valence-corrected chi connectivity index (χ0v) is 20.3. The second kappa shape index (κ2) is 13.3. The van der Waals surface area contributed by atoms with Gasteiger partial charge >= 0.3 is 24.3 Å². The minimum atomic E-state index is -5.08. The number of hydrogen-bond donors (Lipinski definition) is 2. The number of halogens is 6. The van der Waals surface area contributed by atoms with Crippen molar-refractivity contribution in [3.05, 3.63) is 54.4 Å². The highest BCUT2D eigenvalue weighted by Gasteiger charge is 2.42. The van der Waals surface area contributed by atoms with Gasteiger partial charge in [-0.15, -0.1) is 0 Å². The molecule has 2 aromatic heterocycles. The number of hydrogen-bond acceptors (Lipinski definition) is 7. The van der Waals surface area contributed by atoms with Crippen LogP contribution in [-0.2, 0) is 16.1 Å². The number of carboxylic acid groups (broad SMARTS) is 2. The summed E-state index contributed by atoms with van der Waals surface area (Å²) in [5.41, 5.74) is 1.98. The van der Waals surface area contributed by atoms with Gasteiger partial charge in [0.2, 0.25) is 0 Å². The fraction of sp³-hybridized carbons (Fsp3) is 0.478. The van der Waals surface area contributed by atoms with Gasteiger partial charge in [0, 0.05) is 56.4 Å². The smallest absolute Gasteiger partial charge is 0.475 e. The van der Waals surface area contributed by atoms with Crippen LogP contribution in [0.25, 0.3) is 0 Å². The van der Waals surface area contributed by atoms with E-state index >= 15 is 0 Å². The summed E-state index contributed by atoms with van der Waals surface area (Å²) < 4.78 is 63.5. The topological polar surface area (TPSA) is 137 Å². The van der Waals surface area contributed by atoms with E-state index in [0.29, 0.717) is 5.69 Å². The summed E-state index contributed by atoms with van der Waals surface area (Å²) in [5, 5.41) is 14.2. The maximum atomic E-state index is 12.7. The van der Waals surface area contributed by atoms with Crippen molar-refractivity contribution in [1.82, 2.24) is 24.8 Å². The minimum absolute atomic E-state index is 0.0137. The predicted octanol–water partition coefficient (Wildman–Crippen LogP) is 3.27. The third-order valence-electron chi connectivity index (χ3n) is 5.89. The quantitative estimate of drug-likeness (QED) is 0.538. The van der Waals surface area contributed by atoms with E-state index in [2.05, 4.69) is 32.0 Å². The summed E-state index contributed by atoms with van der Waals surface area (Å²) in [6.45, 7) is 4.76. The van der Waals surface area contributed by atoms with Crippen molar-refractivity contribution in [2.45, 2.75) is 38.2 Å². The number of carbonyl (C=O) groups excluding carboxylic acids is 1. The molecule has 2 N–H and O–H groups in total. The zero-order valence-electron chi connectivity index (χ0n) is 20.3. The number of carbonyl (C=O) groups is 3. The van der Waals surface area contributed by atoms with Gasteiger partial charge in [-0.1, -0.05) is 0 Å². The summed E-state index contributed by atoms with van der Waals surface area (Å²) in [6, 6.07) is 4.16. The first kappa shape index (κ1) is 31.4. The molecule has 1 atom stereocenters. The third-order valence-corrected chi connectivity index (χ3v) is 5.89. The van der Waals surface area contributed by atoms with Crippen molar-refractivity contribution in [2.75, 3.05) is 26.2 Å². The highest BCUT2D eigenvalue weighted by atomic mass is 19.4. The molecule has 0 radical (unpaired) electrons. The fourth-order valence-electron chi connectivity index (χ4n) is 4.19. The van der Waals surface area contributed by atoms with E-state index in [1.54, 1.807) is 18.6 Å². The molecule has 2 aliphatic rings. The predicted molar refractivity (Wildman–Crippen MR) is 121 cm³/mol. The standard InChI is InChI=1S/C19H23N5O.2C2HF3O2/c25-18(17-12-21-8-9-22-17)24-10-1-4-19(15-24)5-11-23(14-19)13-16-2-6-20-7-3-16;2*3-2(4,5)1(6)7/h2-3,6-9,12H,1,4-5,10-11,13-15H2;2*(H,6,7). The highest BCUT2D eigenvalue weighted by Crippen LogP contribution is 2.39. The molecular formula is C23H25F6N5O5. The van der Waals surface area contributed by atoms with Crippen LogP contribution in [0.5, 0.6) is 0 Å². The van der Waals surface area contributed by atoms with Gasteiger partial charge < -0.3 is 15.1 Å². The number of aliphatic carboxylic acids is 2. The number of rotatable bonds is 3. The van der Waals surface area contributed by atoms with E-state index in [1.807, 2.05) is 17.3 Å². The van der Waals surface area contributed by atoms with Gasteiger partial charge in [0.1, 0.15) is 5.69 Å². The Morgan fingerprint density at radius 2 is 1.44 bits per heavy atom. The van der Waals surface area contributed by atoms with E-state index in [1.165, 1.54) is 12.0 Å². The molecule has 2 aromatic rings. The summed E-state index contributed by atoms with van der Waals surface area (Å²) in [4.78, 5) is 47.3. The SMILES string of the molecule is O=C(O)C(F)(F)F.O=C(O)C(F)(F)F.O=C(c1cnccn1)N1CCCC2(CCN(Cc3ccncc3)C2)C1. The zero-order chi connectivity index (χ0) is 29.3. The van der Waals surface area contributed by atoms with Crippen molar-refractivity contribution in [3.63, 3.8) is 0 Å². The van der Waals surface area contributed by atoms with E-state index in [9.17, 15) is 31.1 Å². The third kappa shape index (κ3) is 10.1. The number of pyridine rings is 1. The maximum absolute atomic E-state index is 12.7. The van der Waals surface area contributed by atoms with Crippen LogP contribution in [0.2, 0.25) is 0 Å². The Bertz CT molecular complexity index is 1080. The lowest BCUT2D eigenvalue weighted by molar-refractivity contribution is -0.193. The minimum Gasteiger partial charge on any atom is -0.475 e. The number of likely N-dealkylation sites (tertiary alicyclic amines) is 2. The van der Waals surface area contributed by atoms with Crippen LogP contribution >= 0.6 is 0 Å². The Balaban J connectivity index is 0.000000317. The Hall–Kier alpha value is -3.82. The van der Waals surface area contributed by atoms with Gasteiger partial charge in [-0.25, -0.2) is 14.6 Å². The number of carboxylic acids is 2. The summed E-state index contributed by atoms with van der Waals surface area (Å²) >= 11 is 0. The molecule has 2 saturated heterocycles. The van der Waals surface area contributed by atoms with Crippen LogP contribution in [0.4, 0.5) is 26.3 Å². The van der Waals surface area contributed by atoms with Gasteiger partial charge in [-0.3, -0.25) is 19.7 Å². The molecule has 0 saturated carbocycles. The number of piperidine rings is 1. The van der Waals surface area contributed by atoms with Crippen LogP contribution in [0.15, 0.2) is 43.1 Å². The molecule has 4 rings (SSSR count). The van der Waals surface area contributed by atoms with Crippen LogP contribution in [0, 0.1) is 5.41 Å². The van der Waals surface area contributed by atoms with Gasteiger partial charge in [0.05, 0.1) is 6.20 Å². The van der Waals surface area contributed by atoms with Crippen molar-refractivity contribution >= 4 is 17.8 Å². The number of alkyl halides is 6. The first-order valence-electron chi connectivity index (χ1n) is 11.4. The number of nitrogens with zero attached hydrogens (tertiary/aromatic N) is 5. The molecule has 16 heteroatoms. The van der Waals surface area contributed by atoms with Gasteiger partial charge in [0.25, 0.3) is 5.91 Å². The molecule has 4 heterocycles. The van der Waals surface area contributed by atoms with Crippen molar-refractivity contribution in [3.8, 4) is 0 Å². The molecule has 0 bridgehead atoms. The van der Waals surface area contributed by atoms with Gasteiger partial charge in [0.15, 0.2) is 0 Å². The Morgan fingerprint density at radius 3 is 1.95 bits per heavy atom. The molecule has 1 unspecified atom stereocenters. The van der Waals surface area contributed by atoms with Crippen LogP contribution in [0.3, 0.4) is 0 Å². The normalized spacial score (nSPS) is 19.4. The molecule has 0 aromatic carbocycles. The van der Waals surface area contributed by atoms with E-state index in [4.69, 9.17) is 19.8 Å². The van der Waals surface area contributed by atoms with Crippen molar-refractivity contribution < 1.29 is 50.9 Å². The number of aromatic nitrogens is 3. The second-order valence-corrected chi connectivity index (χ2v) is 8.84. The monoisotopic (exact) mass is 565 g/mol. The van der Waals surface area contributed by atoms with Crippen molar-refractivity contribution in [2.24, 2.45) is 5.41 Å². The summed E-state index contributed by atoms with van der Waals surface area (Å²) in [5.74, 6) is -5.50. The average Bonchev–Trinajstić information content (AvgIpc) is 3.25. The molecule has 2 fully saturated rings. The molecule has 39 heavy (non-hydrogen) atoms. The Kier molecular flexibility index (Phi) is 10.7. The lowest BCUT2D eigenvalue weighted by Gasteiger charge is -2.40. The van der Waals surface area contributed by atoms with E-state index < -0.39 is 24.3 Å². The average molecular weight is 565 g/mol. The van der Waals surface area contributed by atoms with Gasteiger partial charge in [-0.05, 0) is 43.5 Å². The number of amides is 1. The van der Waals surface area contributed by atoms with E-state index in [-0.39, 0.29) is 11.3 Å². The molecule has 1 spiro atoms. The molecule has 1 amide bonds. The van der Waals surface area contributed by atoms with Crippen molar-refractivity contribution in [1.29, 1.82) is 0 Å². The lowest BCUT2D eigenvalue weighted by Crippen LogP contribution is -2.47. The summed E-state index contributed by atoms with van der Waals surface area (Å²) in [7, 11) is 0. The first-order chi connectivity index (χ1) is 18.1. The Labute approximate surface area is 218 Å². The molecule has 10 nitrogen and oxygen atoms in total. The Morgan fingerprint density at radius 1 is 0.846 bits per heavy atom. The first-order valence-corrected chi connectivity index (χ1v) is 11.4. The summed E-state index contributed by atoms with van der Waals surface area (Å²) in [6.07, 6.45) is 1.70. The second-order valence-electron chi connectivity index (χ2n) is 8.84. The maximum Gasteiger partial charge on any atom is 0.490 e. The van der Waals surface area contributed by atoms with Crippen LogP contribution in [0.1, 0.15) is 35.3 Å². The molecular weight excluding hydrogens is 540 g/mol. The van der Waals surface area contributed by atoms with Gasteiger partial charge in [-0.2, -0.15) is 26.3 Å². The fourth-order valence-corrected chi connectivity index (χ4v) is 4.19. The molecule has 214 valence electrons. The lowest BCUT2D eigenvalue weighted by atomic mass is 9.79. The highest BCUT2D eigenvalue weighted by molar-refractivity contribution is 5.92. The van der Waals surface area contributed by atoms with Crippen LogP contribution in [-0.4, -0.2) is 91.3 Å². The largest absolute Gasteiger partial charge is 0.490 e.